The first-order valence-corrected chi connectivity index (χ1v) is 15.3. The number of ether oxygens (including phenoxy) is 1. The Morgan fingerprint density at radius 3 is 2.50 bits per heavy atom. The number of carbonyl (C=O) groups excluding carboxylic acids is 2. The van der Waals surface area contributed by atoms with Gasteiger partial charge in [-0.25, -0.2) is 19.3 Å². The van der Waals surface area contributed by atoms with Crippen LogP contribution in [0.3, 0.4) is 0 Å². The first-order valence-electron chi connectivity index (χ1n) is 15.3. The highest BCUT2D eigenvalue weighted by Crippen LogP contribution is 2.41. The third-order valence-electron chi connectivity index (χ3n) is 9.77. The quantitative estimate of drug-likeness (QED) is 0.291. The Balaban J connectivity index is 1.04. The van der Waals surface area contributed by atoms with Crippen LogP contribution in [0, 0.1) is 12.3 Å². The highest BCUT2D eigenvalue weighted by Gasteiger charge is 2.47. The van der Waals surface area contributed by atoms with Crippen LogP contribution >= 0.6 is 0 Å². The lowest BCUT2D eigenvalue weighted by Gasteiger charge is -2.51. The van der Waals surface area contributed by atoms with E-state index in [1.54, 1.807) is 16.6 Å². The number of hydrogen-bond acceptors (Lipinski definition) is 9. The maximum atomic E-state index is 13.6. The highest BCUT2D eigenvalue weighted by molar-refractivity contribution is 5.91. The van der Waals surface area contributed by atoms with Crippen LogP contribution in [0.2, 0.25) is 0 Å². The summed E-state index contributed by atoms with van der Waals surface area (Å²) in [4.78, 5) is 40.7. The van der Waals surface area contributed by atoms with E-state index >= 15 is 0 Å². The fourth-order valence-corrected chi connectivity index (χ4v) is 7.04. The first-order chi connectivity index (χ1) is 21.9. The summed E-state index contributed by atoms with van der Waals surface area (Å²) in [6, 6.07) is 8.27. The van der Waals surface area contributed by atoms with Gasteiger partial charge in [0.2, 0.25) is 5.82 Å². The Labute approximate surface area is 262 Å². The van der Waals surface area contributed by atoms with Gasteiger partial charge in [-0.1, -0.05) is 13.0 Å². The second-order valence-corrected chi connectivity index (χ2v) is 12.7. The number of nitrogens with zero attached hydrogens (tertiary/aromatic N) is 9. The van der Waals surface area contributed by atoms with Gasteiger partial charge >= 0.3 is 12.1 Å². The molecule has 0 N–H and O–H groups in total. The lowest BCUT2D eigenvalue weighted by atomic mass is 9.86. The molecule has 12 nitrogen and oxygen atoms in total. The topological polar surface area (TPSA) is 114 Å². The van der Waals surface area contributed by atoms with Crippen LogP contribution in [0.5, 0.6) is 0 Å². The van der Waals surface area contributed by atoms with Crippen molar-refractivity contribution < 1.29 is 27.5 Å². The Morgan fingerprint density at radius 2 is 1.78 bits per heavy atom. The van der Waals surface area contributed by atoms with Crippen molar-refractivity contribution in [3.05, 3.63) is 65.5 Å². The smallest absolute Gasteiger partial charge is 0.435 e. The fraction of sp³-hybridized carbons (Fsp3) is 0.484. The van der Waals surface area contributed by atoms with Crippen molar-refractivity contribution in [1.82, 2.24) is 34.3 Å². The minimum absolute atomic E-state index is 0.0838. The number of fused-ring (bicyclic) bond motifs is 1. The average Bonchev–Trinajstić information content (AvgIpc) is 3.83. The second kappa shape index (κ2) is 10.7. The molecule has 1 atom stereocenters. The number of esters is 1. The Bertz CT molecular complexity index is 1830. The molecule has 0 bridgehead atoms. The molecule has 1 amide bonds. The summed E-state index contributed by atoms with van der Waals surface area (Å²) >= 11 is 0. The van der Waals surface area contributed by atoms with E-state index in [0.29, 0.717) is 44.1 Å². The summed E-state index contributed by atoms with van der Waals surface area (Å²) in [5, 5.41) is 8.39. The van der Waals surface area contributed by atoms with Crippen molar-refractivity contribution in [3.8, 4) is 0 Å². The number of likely N-dealkylation sites (tertiary alicyclic amines) is 1. The monoisotopic (exact) mass is 637 g/mol. The predicted octanol–water partition coefficient (Wildman–Crippen LogP) is 3.80. The van der Waals surface area contributed by atoms with Crippen LogP contribution < -0.4 is 9.80 Å². The van der Waals surface area contributed by atoms with Crippen molar-refractivity contribution in [2.75, 3.05) is 56.2 Å². The van der Waals surface area contributed by atoms with Crippen LogP contribution in [-0.4, -0.2) is 92.5 Å². The molecule has 4 aromatic heterocycles. The molecule has 3 fully saturated rings. The molecule has 15 heteroatoms. The summed E-state index contributed by atoms with van der Waals surface area (Å²) in [7, 11) is 1.33. The average molecular weight is 638 g/mol. The SMILES string of the molecule is CCC1(n2ccc(C(F)(F)F)n2)CN(c2cc(C)c3nc(C(=O)N4CC[C@@]5(CCN(c6cccc(C(=O)OC)n6)C5)C4)nn3c2)C1. The Kier molecular flexibility index (Phi) is 6.97. The Hall–Kier alpha value is -4.69. The molecule has 46 heavy (non-hydrogen) atoms. The number of anilines is 2. The minimum Gasteiger partial charge on any atom is -0.464 e. The van der Waals surface area contributed by atoms with Gasteiger partial charge < -0.3 is 19.4 Å². The van der Waals surface area contributed by atoms with Crippen LogP contribution in [0.4, 0.5) is 24.7 Å². The van der Waals surface area contributed by atoms with Gasteiger partial charge in [-0.05, 0) is 56.0 Å². The number of pyridine rings is 2. The van der Waals surface area contributed by atoms with Crippen LogP contribution in [-0.2, 0) is 16.5 Å². The maximum absolute atomic E-state index is 13.6. The molecule has 3 aliphatic rings. The molecule has 0 aliphatic carbocycles. The third kappa shape index (κ3) is 5.01. The molecule has 0 saturated carbocycles. The van der Waals surface area contributed by atoms with Crippen molar-refractivity contribution in [2.24, 2.45) is 5.41 Å². The number of aromatic nitrogens is 6. The molecule has 0 aromatic carbocycles. The molecule has 4 aromatic rings. The molecule has 0 unspecified atom stereocenters. The minimum atomic E-state index is -4.49. The number of hydrogen-bond donors (Lipinski definition) is 0. The molecule has 242 valence electrons. The van der Waals surface area contributed by atoms with Crippen molar-refractivity contribution in [3.63, 3.8) is 0 Å². The lowest BCUT2D eigenvalue weighted by Crippen LogP contribution is -2.63. The zero-order valence-corrected chi connectivity index (χ0v) is 25.8. The number of alkyl halides is 3. The number of aryl methyl sites for hydroxylation is 1. The van der Waals surface area contributed by atoms with Crippen molar-refractivity contribution in [1.29, 1.82) is 0 Å². The van der Waals surface area contributed by atoms with E-state index in [1.165, 1.54) is 18.0 Å². The number of halogens is 3. The normalized spacial score (nSPS) is 21.0. The summed E-state index contributed by atoms with van der Waals surface area (Å²) in [6.07, 6.45) is 1.09. The Morgan fingerprint density at radius 1 is 1.00 bits per heavy atom. The van der Waals surface area contributed by atoms with E-state index in [2.05, 4.69) is 30.0 Å². The van der Waals surface area contributed by atoms with E-state index < -0.39 is 23.4 Å². The summed E-state index contributed by atoms with van der Waals surface area (Å²) < 4.78 is 47.3. The van der Waals surface area contributed by atoms with Crippen LogP contribution in [0.25, 0.3) is 5.65 Å². The van der Waals surface area contributed by atoms with E-state index in [1.807, 2.05) is 37.1 Å². The van der Waals surface area contributed by atoms with Gasteiger partial charge in [-0.3, -0.25) is 9.48 Å². The van der Waals surface area contributed by atoms with Crippen molar-refractivity contribution >= 4 is 29.0 Å². The molecule has 3 saturated heterocycles. The summed E-state index contributed by atoms with van der Waals surface area (Å²) in [6.45, 7) is 7.49. The van der Waals surface area contributed by atoms with E-state index in [9.17, 15) is 22.8 Å². The summed E-state index contributed by atoms with van der Waals surface area (Å²) in [5.41, 5.74) is 0.995. The molecular weight excluding hydrogens is 603 g/mol. The van der Waals surface area contributed by atoms with Gasteiger partial charge in [0, 0.05) is 50.9 Å². The maximum Gasteiger partial charge on any atom is 0.435 e. The molecule has 1 spiro atoms. The number of methoxy groups -OCH3 is 1. The largest absolute Gasteiger partial charge is 0.464 e. The van der Waals surface area contributed by atoms with Crippen LogP contribution in [0.1, 0.15) is 58.6 Å². The highest BCUT2D eigenvalue weighted by atomic mass is 19.4. The lowest BCUT2D eigenvalue weighted by molar-refractivity contribution is -0.141. The third-order valence-corrected chi connectivity index (χ3v) is 9.77. The van der Waals surface area contributed by atoms with Gasteiger partial charge in [0.25, 0.3) is 5.91 Å². The standard InChI is InChI=1S/C31H34F3N9O3/c1-4-30(43-11-8-23(37-43)31(32,33)34)18-41(19-30)21-14-20(2)26-36-25(38-42(26)15-21)27(44)40-13-10-29(17-40)9-12-39(16-29)24-7-5-6-22(35-24)28(45)46-3/h5-8,11,14-15H,4,9-10,12-13,16-19H2,1-3H3/t29-/m1/s1. The zero-order valence-electron chi connectivity index (χ0n) is 25.8. The van der Waals surface area contributed by atoms with E-state index in [4.69, 9.17) is 4.74 Å². The molecule has 7 rings (SSSR count). The van der Waals surface area contributed by atoms with Crippen LogP contribution in [0.15, 0.2) is 42.7 Å². The van der Waals surface area contributed by atoms with E-state index in [0.717, 1.165) is 43.2 Å². The number of carbonyl (C=O) groups is 2. The van der Waals surface area contributed by atoms with Gasteiger partial charge in [0.05, 0.1) is 24.5 Å². The fourth-order valence-electron chi connectivity index (χ4n) is 7.04. The second-order valence-electron chi connectivity index (χ2n) is 12.7. The molecule has 3 aliphatic heterocycles. The molecular formula is C31H34F3N9O3. The predicted molar refractivity (Wildman–Crippen MR) is 161 cm³/mol. The van der Waals surface area contributed by atoms with Gasteiger partial charge in [-0.15, -0.1) is 5.10 Å². The number of rotatable bonds is 6. The number of amides is 1. The van der Waals surface area contributed by atoms with Gasteiger partial charge in [0.15, 0.2) is 17.0 Å². The van der Waals surface area contributed by atoms with Crippen molar-refractivity contribution in [2.45, 2.75) is 44.8 Å². The molecule has 7 heterocycles. The zero-order chi connectivity index (χ0) is 32.4. The van der Waals surface area contributed by atoms with Gasteiger partial charge in [-0.2, -0.15) is 18.3 Å². The van der Waals surface area contributed by atoms with E-state index in [-0.39, 0.29) is 22.8 Å². The van der Waals surface area contributed by atoms with Gasteiger partial charge in [0.1, 0.15) is 5.82 Å². The first kappa shape index (κ1) is 30.0. The molecule has 0 radical (unpaired) electrons. The summed E-state index contributed by atoms with van der Waals surface area (Å²) in [5.74, 6) is 0.139.